The molecule has 2 aromatic rings. The first-order chi connectivity index (χ1) is 12.6. The summed E-state index contributed by atoms with van der Waals surface area (Å²) in [5.74, 6) is 1.43. The molecule has 2 aromatic carbocycles. The van der Waals surface area contributed by atoms with Crippen molar-refractivity contribution in [2.45, 2.75) is 33.1 Å². The van der Waals surface area contributed by atoms with E-state index in [-0.39, 0.29) is 11.8 Å². The molecule has 0 fully saturated rings. The molecule has 0 radical (unpaired) electrons. The van der Waals surface area contributed by atoms with Gasteiger partial charge in [0.25, 0.3) is 0 Å². The molecule has 0 aromatic heterocycles. The number of amides is 2. The molecule has 5 heteroatoms. The maximum Gasteiger partial charge on any atom is 0.223 e. The highest BCUT2D eigenvalue weighted by Gasteiger charge is 2.12. The Morgan fingerprint density at radius 2 is 1.65 bits per heavy atom. The number of hydrogen-bond donors (Lipinski definition) is 1. The summed E-state index contributed by atoms with van der Waals surface area (Å²) in [7, 11) is 0. The molecule has 0 heterocycles. The van der Waals surface area contributed by atoms with Crippen LogP contribution >= 0.6 is 0 Å². The van der Waals surface area contributed by atoms with E-state index in [4.69, 9.17) is 4.74 Å². The Balaban J connectivity index is 1.92. The van der Waals surface area contributed by atoms with E-state index in [1.54, 1.807) is 4.90 Å². The molecule has 0 aliphatic heterocycles. The van der Waals surface area contributed by atoms with Gasteiger partial charge in [-0.25, -0.2) is 0 Å². The smallest absolute Gasteiger partial charge is 0.223 e. The monoisotopic (exact) mass is 354 g/mol. The predicted molar refractivity (Wildman–Crippen MR) is 104 cm³/mol. The second-order valence-electron chi connectivity index (χ2n) is 6.03. The van der Waals surface area contributed by atoms with Gasteiger partial charge in [-0.15, -0.1) is 0 Å². The van der Waals surface area contributed by atoms with Crippen LogP contribution in [0.3, 0.4) is 0 Å². The fourth-order valence-electron chi connectivity index (χ4n) is 2.52. The van der Waals surface area contributed by atoms with Crippen molar-refractivity contribution in [3.63, 3.8) is 0 Å². The summed E-state index contributed by atoms with van der Waals surface area (Å²) in [5, 5.41) is 2.86. The van der Waals surface area contributed by atoms with E-state index in [9.17, 15) is 9.59 Å². The number of para-hydroxylation sites is 1. The van der Waals surface area contributed by atoms with Crippen LogP contribution in [0.2, 0.25) is 0 Å². The van der Waals surface area contributed by atoms with Crippen molar-refractivity contribution >= 4 is 17.5 Å². The van der Waals surface area contributed by atoms with Crippen molar-refractivity contribution < 1.29 is 14.3 Å². The number of nitrogens with zero attached hydrogens (tertiary/aromatic N) is 1. The first-order valence-electron chi connectivity index (χ1n) is 8.98. The van der Waals surface area contributed by atoms with Crippen molar-refractivity contribution in [3.8, 4) is 11.5 Å². The molecule has 0 aliphatic rings. The molecular weight excluding hydrogens is 328 g/mol. The average molecular weight is 354 g/mol. The molecule has 0 bridgehead atoms. The zero-order valence-electron chi connectivity index (χ0n) is 15.4. The van der Waals surface area contributed by atoms with E-state index in [2.05, 4.69) is 12.2 Å². The standard InChI is InChI=1S/C21H26N2O3/c1-3-4-10-21(25)22-15-16-23(17(2)24)18-11-13-20(14-12-18)26-19-8-6-5-7-9-19/h5-9,11-14H,3-4,10,15-16H2,1-2H3,(H,22,25). The van der Waals surface area contributed by atoms with Gasteiger partial charge < -0.3 is 15.0 Å². The van der Waals surface area contributed by atoms with Crippen molar-refractivity contribution in [3.05, 3.63) is 54.6 Å². The molecule has 0 saturated heterocycles. The fraction of sp³-hybridized carbons (Fsp3) is 0.333. The minimum absolute atomic E-state index is 0.0296. The molecule has 138 valence electrons. The predicted octanol–water partition coefficient (Wildman–Crippen LogP) is 4.14. The summed E-state index contributed by atoms with van der Waals surface area (Å²) in [6.07, 6.45) is 2.40. The van der Waals surface area contributed by atoms with Gasteiger partial charge in [0.15, 0.2) is 0 Å². The SMILES string of the molecule is CCCCC(=O)NCCN(C(C)=O)c1ccc(Oc2ccccc2)cc1. The normalized spacial score (nSPS) is 10.2. The van der Waals surface area contributed by atoms with Crippen molar-refractivity contribution in [2.75, 3.05) is 18.0 Å². The lowest BCUT2D eigenvalue weighted by molar-refractivity contribution is -0.121. The number of benzene rings is 2. The van der Waals surface area contributed by atoms with Gasteiger partial charge in [0, 0.05) is 32.1 Å². The topological polar surface area (TPSA) is 58.6 Å². The Bertz CT molecular complexity index is 699. The van der Waals surface area contributed by atoms with E-state index in [0.29, 0.717) is 25.3 Å². The number of anilines is 1. The van der Waals surface area contributed by atoms with Gasteiger partial charge in [-0.05, 0) is 42.8 Å². The quantitative estimate of drug-likeness (QED) is 0.736. The Kier molecular flexibility index (Phi) is 7.68. The lowest BCUT2D eigenvalue weighted by Crippen LogP contribution is -2.37. The van der Waals surface area contributed by atoms with Crippen LogP contribution in [0.25, 0.3) is 0 Å². The summed E-state index contributed by atoms with van der Waals surface area (Å²) in [5.41, 5.74) is 0.778. The second-order valence-corrected chi connectivity index (χ2v) is 6.03. The van der Waals surface area contributed by atoms with Gasteiger partial charge >= 0.3 is 0 Å². The van der Waals surface area contributed by atoms with E-state index in [1.165, 1.54) is 6.92 Å². The van der Waals surface area contributed by atoms with Crippen LogP contribution in [-0.2, 0) is 9.59 Å². The van der Waals surface area contributed by atoms with Gasteiger partial charge in [0.05, 0.1) is 0 Å². The van der Waals surface area contributed by atoms with E-state index < -0.39 is 0 Å². The van der Waals surface area contributed by atoms with Gasteiger partial charge in [-0.1, -0.05) is 31.5 Å². The second kappa shape index (κ2) is 10.2. The van der Waals surface area contributed by atoms with Gasteiger partial charge in [-0.2, -0.15) is 0 Å². The minimum Gasteiger partial charge on any atom is -0.457 e. The van der Waals surface area contributed by atoms with E-state index in [1.807, 2.05) is 54.6 Å². The molecule has 0 unspecified atom stereocenters. The van der Waals surface area contributed by atoms with Crippen LogP contribution in [-0.4, -0.2) is 24.9 Å². The van der Waals surface area contributed by atoms with E-state index >= 15 is 0 Å². The van der Waals surface area contributed by atoms with Crippen LogP contribution in [0, 0.1) is 0 Å². The first kappa shape index (κ1) is 19.5. The lowest BCUT2D eigenvalue weighted by Gasteiger charge is -2.21. The first-order valence-corrected chi connectivity index (χ1v) is 8.98. The zero-order valence-corrected chi connectivity index (χ0v) is 15.4. The van der Waals surface area contributed by atoms with Gasteiger partial charge in [0.1, 0.15) is 11.5 Å². The third-order valence-electron chi connectivity index (χ3n) is 3.92. The van der Waals surface area contributed by atoms with Crippen molar-refractivity contribution in [1.29, 1.82) is 0 Å². The molecule has 2 rings (SSSR count). The Morgan fingerprint density at radius 1 is 1.00 bits per heavy atom. The van der Waals surface area contributed by atoms with Crippen molar-refractivity contribution in [1.82, 2.24) is 5.32 Å². The number of unbranched alkanes of at least 4 members (excludes halogenated alkanes) is 1. The lowest BCUT2D eigenvalue weighted by atomic mass is 10.2. The van der Waals surface area contributed by atoms with Crippen LogP contribution in [0.1, 0.15) is 33.1 Å². The summed E-state index contributed by atoms with van der Waals surface area (Å²) in [6, 6.07) is 16.9. The summed E-state index contributed by atoms with van der Waals surface area (Å²) in [4.78, 5) is 25.3. The highest BCUT2D eigenvalue weighted by Crippen LogP contribution is 2.24. The molecule has 0 saturated carbocycles. The molecular formula is C21H26N2O3. The molecule has 2 amide bonds. The number of nitrogens with one attached hydrogen (secondary N) is 1. The third kappa shape index (κ3) is 6.24. The van der Waals surface area contributed by atoms with Gasteiger partial charge in [-0.3, -0.25) is 9.59 Å². The van der Waals surface area contributed by atoms with Crippen LogP contribution in [0.15, 0.2) is 54.6 Å². The van der Waals surface area contributed by atoms with Crippen LogP contribution in [0.5, 0.6) is 11.5 Å². The number of carbonyl (C=O) groups excluding carboxylic acids is 2. The Labute approximate surface area is 155 Å². The van der Waals surface area contributed by atoms with E-state index in [0.717, 1.165) is 24.3 Å². The largest absolute Gasteiger partial charge is 0.457 e. The summed E-state index contributed by atoms with van der Waals surface area (Å²) in [6.45, 7) is 4.44. The summed E-state index contributed by atoms with van der Waals surface area (Å²) >= 11 is 0. The zero-order chi connectivity index (χ0) is 18.8. The van der Waals surface area contributed by atoms with Gasteiger partial charge in [0.2, 0.25) is 11.8 Å². The number of hydrogen-bond acceptors (Lipinski definition) is 3. The third-order valence-corrected chi connectivity index (χ3v) is 3.92. The maximum absolute atomic E-state index is 12.0. The average Bonchev–Trinajstić information content (AvgIpc) is 2.65. The van der Waals surface area contributed by atoms with Crippen molar-refractivity contribution in [2.24, 2.45) is 0 Å². The fourth-order valence-corrected chi connectivity index (χ4v) is 2.52. The number of ether oxygens (including phenoxy) is 1. The van der Waals surface area contributed by atoms with Crippen LogP contribution < -0.4 is 15.0 Å². The molecule has 1 N–H and O–H groups in total. The highest BCUT2D eigenvalue weighted by atomic mass is 16.5. The molecule has 0 atom stereocenters. The maximum atomic E-state index is 12.0. The summed E-state index contributed by atoms with van der Waals surface area (Å²) < 4.78 is 5.76. The number of carbonyl (C=O) groups is 2. The Hall–Kier alpha value is -2.82. The molecule has 0 spiro atoms. The molecule has 26 heavy (non-hydrogen) atoms. The Morgan fingerprint density at radius 3 is 2.27 bits per heavy atom. The number of rotatable bonds is 9. The minimum atomic E-state index is -0.0652. The van der Waals surface area contributed by atoms with Crippen LogP contribution in [0.4, 0.5) is 5.69 Å². The molecule has 0 aliphatic carbocycles. The highest BCUT2D eigenvalue weighted by molar-refractivity contribution is 5.91. The molecule has 5 nitrogen and oxygen atoms in total.